The summed E-state index contributed by atoms with van der Waals surface area (Å²) in [5.74, 6) is 0. The van der Waals surface area contributed by atoms with Crippen LogP contribution in [0.3, 0.4) is 0 Å². The molecule has 11 rings (SSSR count). The molecule has 2 heteroatoms. The predicted molar refractivity (Wildman–Crippen MR) is 250 cm³/mol. The van der Waals surface area contributed by atoms with E-state index in [1.807, 2.05) is 0 Å². The molecular formula is C57H42N2. The Balaban J connectivity index is 1.03. The van der Waals surface area contributed by atoms with Crippen molar-refractivity contribution < 1.29 is 0 Å². The van der Waals surface area contributed by atoms with E-state index in [2.05, 4.69) is 236 Å². The molecule has 1 N–H and O–H groups in total. The Bertz CT molecular complexity index is 3190. The van der Waals surface area contributed by atoms with Crippen LogP contribution in [0.1, 0.15) is 25.0 Å². The number of nitrogens with zero attached hydrogens (tertiary/aromatic N) is 1. The van der Waals surface area contributed by atoms with E-state index >= 15 is 0 Å². The highest BCUT2D eigenvalue weighted by Gasteiger charge is 2.38. The minimum Gasteiger partial charge on any atom is -0.355 e. The van der Waals surface area contributed by atoms with E-state index in [4.69, 9.17) is 0 Å². The minimum atomic E-state index is -0.164. The molecule has 1 heterocycles. The van der Waals surface area contributed by atoms with E-state index < -0.39 is 0 Å². The second-order valence-corrected chi connectivity index (χ2v) is 16.2. The fourth-order valence-electron chi connectivity index (χ4n) is 9.52. The van der Waals surface area contributed by atoms with Gasteiger partial charge in [0, 0.05) is 38.8 Å². The Labute approximate surface area is 345 Å². The molecule has 2 nitrogen and oxygen atoms in total. The summed E-state index contributed by atoms with van der Waals surface area (Å²) >= 11 is 0. The molecule has 0 unspecified atom stereocenters. The molecule has 1 aliphatic rings. The summed E-state index contributed by atoms with van der Waals surface area (Å²) in [7, 11) is 0. The van der Waals surface area contributed by atoms with Gasteiger partial charge in [-0.15, -0.1) is 0 Å². The normalized spacial score (nSPS) is 12.7. The van der Waals surface area contributed by atoms with Crippen molar-refractivity contribution in [3.05, 3.63) is 223 Å². The van der Waals surface area contributed by atoms with E-state index in [-0.39, 0.29) is 5.41 Å². The molecule has 0 spiro atoms. The molecule has 0 atom stereocenters. The maximum Gasteiger partial charge on any atom is 0.0588 e. The maximum absolute atomic E-state index is 3.75. The van der Waals surface area contributed by atoms with E-state index in [0.717, 1.165) is 22.6 Å². The Morgan fingerprint density at radius 3 is 1.75 bits per heavy atom. The number of benzene rings is 9. The zero-order chi connectivity index (χ0) is 39.5. The molecule has 280 valence electrons. The molecule has 0 saturated carbocycles. The monoisotopic (exact) mass is 754 g/mol. The van der Waals surface area contributed by atoms with Gasteiger partial charge in [-0.25, -0.2) is 0 Å². The van der Waals surface area contributed by atoms with Gasteiger partial charge in [0.1, 0.15) is 0 Å². The first-order valence-corrected chi connectivity index (χ1v) is 20.5. The molecule has 0 amide bonds. The Morgan fingerprint density at radius 2 is 0.966 bits per heavy atom. The standard InChI is InChI=1S/C57H42N2/c1-57(2)52-25-11-9-24-48(52)49-32-33-50-51-37-43(29-34-54(51)59(56(50)55(49)57)46-30-27-40(28-31-46)38-15-5-3-6-16-38)41-19-13-21-44(35-41)47-23-10-12-26-53(47)58-45-22-14-20-42(36-45)39-17-7-4-8-18-39/h3-37,58H,1-2H3. The number of hydrogen-bond acceptors (Lipinski definition) is 1. The Hall–Kier alpha value is -7.42. The minimum absolute atomic E-state index is 0.164. The Kier molecular flexibility index (Phi) is 8.20. The zero-order valence-electron chi connectivity index (χ0n) is 33.2. The molecule has 9 aromatic carbocycles. The van der Waals surface area contributed by atoms with Crippen molar-refractivity contribution >= 4 is 33.2 Å². The molecule has 10 aromatic rings. The smallest absolute Gasteiger partial charge is 0.0588 e. The molecule has 1 aliphatic carbocycles. The van der Waals surface area contributed by atoms with E-state index in [1.165, 1.54) is 83.0 Å². The van der Waals surface area contributed by atoms with Gasteiger partial charge in [-0.3, -0.25) is 0 Å². The second kappa shape index (κ2) is 13.9. The summed E-state index contributed by atoms with van der Waals surface area (Å²) in [6, 6.07) is 77.2. The molecule has 0 aliphatic heterocycles. The molecule has 0 radical (unpaired) electrons. The SMILES string of the molecule is CC1(C)c2ccccc2-c2ccc3c4cc(-c5cccc(-c6ccccc6Nc6cccc(-c7ccccc7)c6)c5)ccc4n(-c4ccc(-c5ccccc5)cc4)c3c21. The summed E-state index contributed by atoms with van der Waals surface area (Å²) in [5.41, 5.74) is 20.6. The lowest BCUT2D eigenvalue weighted by Crippen LogP contribution is -2.16. The third-order valence-electron chi connectivity index (χ3n) is 12.4. The summed E-state index contributed by atoms with van der Waals surface area (Å²) < 4.78 is 2.51. The van der Waals surface area contributed by atoms with Gasteiger partial charge in [0.25, 0.3) is 0 Å². The van der Waals surface area contributed by atoms with Crippen LogP contribution in [0, 0.1) is 0 Å². The quantitative estimate of drug-likeness (QED) is 0.171. The molecular weight excluding hydrogens is 713 g/mol. The van der Waals surface area contributed by atoms with Gasteiger partial charge >= 0.3 is 0 Å². The highest BCUT2D eigenvalue weighted by atomic mass is 15.0. The van der Waals surface area contributed by atoms with Gasteiger partial charge in [0.2, 0.25) is 0 Å². The number of rotatable bonds is 7. The Morgan fingerprint density at radius 1 is 0.390 bits per heavy atom. The van der Waals surface area contributed by atoms with Crippen molar-refractivity contribution in [2.75, 3.05) is 5.32 Å². The lowest BCUT2D eigenvalue weighted by Gasteiger charge is -2.23. The van der Waals surface area contributed by atoms with E-state index in [1.54, 1.807) is 0 Å². The number of nitrogens with one attached hydrogen (secondary N) is 1. The summed E-state index contributed by atoms with van der Waals surface area (Å²) in [5, 5.41) is 6.28. The van der Waals surface area contributed by atoms with Gasteiger partial charge < -0.3 is 9.88 Å². The molecule has 0 fully saturated rings. The molecule has 0 bridgehead atoms. The van der Waals surface area contributed by atoms with E-state index in [0.29, 0.717) is 0 Å². The number of anilines is 2. The number of aromatic nitrogens is 1. The van der Waals surface area contributed by atoms with Crippen molar-refractivity contribution in [2.45, 2.75) is 19.3 Å². The zero-order valence-corrected chi connectivity index (χ0v) is 33.2. The highest BCUT2D eigenvalue weighted by molar-refractivity contribution is 6.14. The first-order valence-electron chi connectivity index (χ1n) is 20.5. The summed E-state index contributed by atoms with van der Waals surface area (Å²) in [6.45, 7) is 4.78. The van der Waals surface area contributed by atoms with Gasteiger partial charge in [0.15, 0.2) is 0 Å². The number of para-hydroxylation sites is 1. The van der Waals surface area contributed by atoms with Crippen LogP contribution in [0.2, 0.25) is 0 Å². The van der Waals surface area contributed by atoms with Crippen LogP contribution < -0.4 is 5.32 Å². The maximum atomic E-state index is 3.75. The first kappa shape index (κ1) is 34.8. The van der Waals surface area contributed by atoms with Crippen LogP contribution in [0.25, 0.3) is 83.1 Å². The molecule has 0 saturated heterocycles. The summed E-state index contributed by atoms with van der Waals surface area (Å²) in [6.07, 6.45) is 0. The largest absolute Gasteiger partial charge is 0.355 e. The average molecular weight is 755 g/mol. The molecule has 1 aromatic heterocycles. The van der Waals surface area contributed by atoms with Gasteiger partial charge in [-0.2, -0.15) is 0 Å². The van der Waals surface area contributed by atoms with Crippen molar-refractivity contribution in [3.8, 4) is 61.3 Å². The predicted octanol–water partition coefficient (Wildman–Crippen LogP) is 15.5. The topological polar surface area (TPSA) is 17.0 Å². The fraction of sp³-hybridized carbons (Fsp3) is 0.0526. The lowest BCUT2D eigenvalue weighted by atomic mass is 9.81. The van der Waals surface area contributed by atoms with Crippen LogP contribution >= 0.6 is 0 Å². The van der Waals surface area contributed by atoms with Crippen LogP contribution in [0.4, 0.5) is 11.4 Å². The van der Waals surface area contributed by atoms with Crippen molar-refractivity contribution in [1.29, 1.82) is 0 Å². The van der Waals surface area contributed by atoms with Crippen molar-refractivity contribution in [1.82, 2.24) is 4.57 Å². The van der Waals surface area contributed by atoms with Crippen molar-refractivity contribution in [2.24, 2.45) is 0 Å². The van der Waals surface area contributed by atoms with Gasteiger partial charge in [-0.05, 0) is 110 Å². The third kappa shape index (κ3) is 5.87. The highest BCUT2D eigenvalue weighted by Crippen LogP contribution is 2.53. The van der Waals surface area contributed by atoms with Gasteiger partial charge in [-0.1, -0.05) is 178 Å². The average Bonchev–Trinajstić information content (AvgIpc) is 3.75. The first-order chi connectivity index (χ1) is 29.0. The van der Waals surface area contributed by atoms with Gasteiger partial charge in [0.05, 0.1) is 11.0 Å². The lowest BCUT2D eigenvalue weighted by molar-refractivity contribution is 0.664. The van der Waals surface area contributed by atoms with Crippen LogP contribution in [-0.2, 0) is 5.41 Å². The second-order valence-electron chi connectivity index (χ2n) is 16.2. The van der Waals surface area contributed by atoms with Crippen LogP contribution in [-0.4, -0.2) is 4.57 Å². The fourth-order valence-corrected chi connectivity index (χ4v) is 9.52. The van der Waals surface area contributed by atoms with Crippen LogP contribution in [0.15, 0.2) is 212 Å². The van der Waals surface area contributed by atoms with Crippen LogP contribution in [0.5, 0.6) is 0 Å². The third-order valence-corrected chi connectivity index (χ3v) is 12.4. The molecule has 59 heavy (non-hydrogen) atoms. The van der Waals surface area contributed by atoms with E-state index in [9.17, 15) is 0 Å². The summed E-state index contributed by atoms with van der Waals surface area (Å²) in [4.78, 5) is 0. The van der Waals surface area contributed by atoms with Crippen molar-refractivity contribution in [3.63, 3.8) is 0 Å². The number of hydrogen-bond donors (Lipinski definition) is 1. The number of fused-ring (bicyclic) bond motifs is 7.